The number of hydrogen-bond acceptors (Lipinski definition) is 4. The Balaban J connectivity index is 1.71. The summed E-state index contributed by atoms with van der Waals surface area (Å²) in [5.74, 6) is 0.345. The third-order valence-electron chi connectivity index (χ3n) is 5.17. The van der Waals surface area contributed by atoms with Crippen molar-refractivity contribution in [1.29, 1.82) is 0 Å². The molecule has 0 radical (unpaired) electrons. The first kappa shape index (κ1) is 18.4. The number of anilines is 1. The average molecular weight is 352 g/mol. The number of benzene rings is 1. The second-order valence-corrected chi connectivity index (χ2v) is 7.10. The van der Waals surface area contributed by atoms with Crippen molar-refractivity contribution in [2.75, 3.05) is 11.9 Å². The van der Waals surface area contributed by atoms with Crippen molar-refractivity contribution in [3.8, 4) is 0 Å². The molecule has 0 bridgehead atoms. The van der Waals surface area contributed by atoms with Crippen molar-refractivity contribution in [2.24, 2.45) is 0 Å². The third kappa shape index (κ3) is 4.24. The van der Waals surface area contributed by atoms with Crippen LogP contribution in [-0.4, -0.2) is 23.6 Å². The highest BCUT2D eigenvalue weighted by Crippen LogP contribution is 2.34. The maximum absolute atomic E-state index is 12.4. The van der Waals surface area contributed by atoms with E-state index in [1.165, 1.54) is 18.4 Å². The monoisotopic (exact) mass is 352 g/mol. The van der Waals surface area contributed by atoms with Gasteiger partial charge >= 0.3 is 5.97 Å². The second kappa shape index (κ2) is 8.35. The molecule has 3 rings (SSSR count). The Hall–Kier alpha value is -2.36. The van der Waals surface area contributed by atoms with Crippen molar-refractivity contribution in [1.82, 2.24) is 4.98 Å². The summed E-state index contributed by atoms with van der Waals surface area (Å²) in [4.78, 5) is 16.8. The predicted molar refractivity (Wildman–Crippen MR) is 105 cm³/mol. The minimum atomic E-state index is -0.294. The second-order valence-electron chi connectivity index (χ2n) is 7.10. The molecule has 1 aromatic heterocycles. The Labute approximate surface area is 156 Å². The number of rotatable bonds is 5. The Morgan fingerprint density at radius 2 is 1.85 bits per heavy atom. The van der Waals surface area contributed by atoms with Gasteiger partial charge in [0, 0.05) is 11.7 Å². The molecule has 0 saturated heterocycles. The molecule has 138 valence electrons. The molecule has 0 unspecified atom stereocenters. The van der Waals surface area contributed by atoms with Gasteiger partial charge in [-0.05, 0) is 64.0 Å². The number of nitrogens with one attached hydrogen (secondary N) is 1. The van der Waals surface area contributed by atoms with Crippen LogP contribution in [0, 0.1) is 13.8 Å². The van der Waals surface area contributed by atoms with Gasteiger partial charge in [0.15, 0.2) is 0 Å². The van der Waals surface area contributed by atoms with Crippen molar-refractivity contribution in [3.05, 3.63) is 58.9 Å². The van der Waals surface area contributed by atoms with Crippen LogP contribution < -0.4 is 5.32 Å². The fourth-order valence-electron chi connectivity index (χ4n) is 3.92. The molecule has 1 heterocycles. The number of carbonyl (C=O) groups is 1. The fourth-order valence-corrected chi connectivity index (χ4v) is 3.92. The van der Waals surface area contributed by atoms with Gasteiger partial charge in [-0.15, -0.1) is 0 Å². The van der Waals surface area contributed by atoms with E-state index in [1.54, 1.807) is 0 Å². The molecule has 26 heavy (non-hydrogen) atoms. The van der Waals surface area contributed by atoms with E-state index in [0.717, 1.165) is 29.9 Å². The highest BCUT2D eigenvalue weighted by atomic mass is 16.5. The largest absolute Gasteiger partial charge is 0.462 e. The molecule has 0 atom stereocenters. The van der Waals surface area contributed by atoms with Crippen LogP contribution in [0.4, 0.5) is 5.69 Å². The van der Waals surface area contributed by atoms with Gasteiger partial charge < -0.3 is 10.1 Å². The summed E-state index contributed by atoms with van der Waals surface area (Å²) in [5.41, 5.74) is 4.51. The van der Waals surface area contributed by atoms with E-state index >= 15 is 0 Å². The Morgan fingerprint density at radius 1 is 1.15 bits per heavy atom. The zero-order valence-electron chi connectivity index (χ0n) is 15.9. The molecular weight excluding hydrogens is 324 g/mol. The summed E-state index contributed by atoms with van der Waals surface area (Å²) in [6.07, 6.45) is 4.53. The lowest BCUT2D eigenvalue weighted by Crippen LogP contribution is -2.27. The van der Waals surface area contributed by atoms with Gasteiger partial charge in [-0.25, -0.2) is 4.79 Å². The summed E-state index contributed by atoms with van der Waals surface area (Å²) in [7, 11) is 0. The zero-order valence-corrected chi connectivity index (χ0v) is 15.9. The zero-order chi connectivity index (χ0) is 18.5. The first-order chi connectivity index (χ1) is 12.6. The number of aryl methyl sites for hydroxylation is 2. The van der Waals surface area contributed by atoms with Crippen LogP contribution in [0.3, 0.4) is 0 Å². The van der Waals surface area contributed by atoms with E-state index in [9.17, 15) is 4.79 Å². The predicted octanol–water partition coefficient (Wildman–Crippen LogP) is 5.01. The van der Waals surface area contributed by atoms with Crippen molar-refractivity contribution in [2.45, 2.75) is 58.4 Å². The fraction of sp³-hybridized carbons (Fsp3) is 0.455. The number of nitrogens with zero attached hydrogens (tertiary/aromatic N) is 1. The Kier molecular flexibility index (Phi) is 5.92. The maximum atomic E-state index is 12.4. The van der Waals surface area contributed by atoms with Gasteiger partial charge in [0.05, 0.1) is 18.0 Å². The lowest BCUT2D eigenvalue weighted by Gasteiger charge is -2.30. The Bertz CT molecular complexity index is 750. The van der Waals surface area contributed by atoms with E-state index in [4.69, 9.17) is 4.74 Å². The van der Waals surface area contributed by atoms with Crippen LogP contribution in [0.15, 0.2) is 36.4 Å². The summed E-state index contributed by atoms with van der Waals surface area (Å²) >= 11 is 0. The van der Waals surface area contributed by atoms with Crippen LogP contribution in [-0.2, 0) is 4.74 Å². The average Bonchev–Trinajstić information content (AvgIpc) is 2.63. The number of carbonyl (C=O) groups excluding carboxylic acids is 1. The SMILES string of the molecule is CCOC(=O)c1c(NC2CCC(c3ccccc3)CC2)cc(C)nc1C. The van der Waals surface area contributed by atoms with E-state index in [1.807, 2.05) is 26.8 Å². The standard InChI is InChI=1S/C22H28N2O2/c1-4-26-22(25)21-16(3)23-15(2)14-20(21)24-19-12-10-18(11-13-19)17-8-6-5-7-9-17/h5-9,14,18-19H,4,10-13H2,1-3H3,(H,23,24). The molecule has 0 amide bonds. The smallest absolute Gasteiger partial charge is 0.342 e. The van der Waals surface area contributed by atoms with E-state index < -0.39 is 0 Å². The molecule has 1 fully saturated rings. The van der Waals surface area contributed by atoms with Crippen molar-refractivity contribution in [3.63, 3.8) is 0 Å². The molecule has 4 nitrogen and oxygen atoms in total. The van der Waals surface area contributed by atoms with Crippen molar-refractivity contribution < 1.29 is 9.53 Å². The van der Waals surface area contributed by atoms with Gasteiger partial charge in [0.2, 0.25) is 0 Å². The van der Waals surface area contributed by atoms with Crippen LogP contribution in [0.1, 0.15) is 65.8 Å². The van der Waals surface area contributed by atoms with E-state index in [-0.39, 0.29) is 5.97 Å². The maximum Gasteiger partial charge on any atom is 0.342 e. The summed E-state index contributed by atoms with van der Waals surface area (Å²) in [6, 6.07) is 13.1. The molecule has 0 aliphatic heterocycles. The first-order valence-electron chi connectivity index (χ1n) is 9.55. The number of ether oxygens (including phenoxy) is 1. The van der Waals surface area contributed by atoms with Gasteiger partial charge in [-0.2, -0.15) is 0 Å². The van der Waals surface area contributed by atoms with Gasteiger partial charge in [0.1, 0.15) is 5.56 Å². The number of esters is 1. The quantitative estimate of drug-likeness (QED) is 0.768. The van der Waals surface area contributed by atoms with Crippen LogP contribution >= 0.6 is 0 Å². The van der Waals surface area contributed by atoms with Gasteiger partial charge in [-0.1, -0.05) is 30.3 Å². The molecular formula is C22H28N2O2. The molecule has 1 saturated carbocycles. The molecule has 0 spiro atoms. The Morgan fingerprint density at radius 3 is 2.50 bits per heavy atom. The van der Waals surface area contributed by atoms with Gasteiger partial charge in [-0.3, -0.25) is 4.98 Å². The third-order valence-corrected chi connectivity index (χ3v) is 5.17. The molecule has 1 N–H and O–H groups in total. The summed E-state index contributed by atoms with van der Waals surface area (Å²) in [5, 5.41) is 3.60. The molecule has 1 aliphatic carbocycles. The van der Waals surface area contributed by atoms with Crippen LogP contribution in [0.5, 0.6) is 0 Å². The highest BCUT2D eigenvalue weighted by Gasteiger charge is 2.25. The van der Waals surface area contributed by atoms with E-state index in [2.05, 4.69) is 40.6 Å². The molecule has 4 heteroatoms. The number of aromatic nitrogens is 1. The molecule has 2 aromatic rings. The molecule has 1 aliphatic rings. The minimum absolute atomic E-state index is 0.294. The van der Waals surface area contributed by atoms with E-state index in [0.29, 0.717) is 24.1 Å². The normalized spacial score (nSPS) is 19.8. The van der Waals surface area contributed by atoms with Crippen LogP contribution in [0.2, 0.25) is 0 Å². The molecule has 1 aromatic carbocycles. The lowest BCUT2D eigenvalue weighted by atomic mass is 9.81. The lowest BCUT2D eigenvalue weighted by molar-refractivity contribution is 0.0526. The number of pyridine rings is 1. The summed E-state index contributed by atoms with van der Waals surface area (Å²) in [6.45, 7) is 6.02. The van der Waals surface area contributed by atoms with Gasteiger partial charge in [0.25, 0.3) is 0 Å². The van der Waals surface area contributed by atoms with Crippen molar-refractivity contribution >= 4 is 11.7 Å². The number of hydrogen-bond donors (Lipinski definition) is 1. The topological polar surface area (TPSA) is 51.2 Å². The first-order valence-corrected chi connectivity index (χ1v) is 9.55. The van der Waals surface area contributed by atoms with Crippen LogP contribution in [0.25, 0.3) is 0 Å². The minimum Gasteiger partial charge on any atom is -0.462 e. The highest BCUT2D eigenvalue weighted by molar-refractivity contribution is 5.96. The summed E-state index contributed by atoms with van der Waals surface area (Å²) < 4.78 is 5.23.